The van der Waals surface area contributed by atoms with Crippen LogP contribution in [0.15, 0.2) is 4.42 Å². The summed E-state index contributed by atoms with van der Waals surface area (Å²) in [5.41, 5.74) is 0. The fourth-order valence-electron chi connectivity index (χ4n) is 1.76. The molecule has 1 aliphatic rings. The fraction of sp³-hybridized carbons (Fsp3) is 0.833. The highest BCUT2D eigenvalue weighted by atomic mass is 16.6. The Bertz CT molecular complexity index is 348. The molecule has 18 heavy (non-hydrogen) atoms. The maximum Gasteiger partial charge on any atom is 0.247 e. The molecule has 1 aliphatic heterocycles. The highest BCUT2D eigenvalue weighted by Gasteiger charge is 2.22. The van der Waals surface area contributed by atoms with E-state index in [2.05, 4.69) is 29.4 Å². The monoisotopic (exact) mass is 255 g/mol. The predicted octanol–water partition coefficient (Wildman–Crippen LogP) is 1.09. The molecule has 6 nitrogen and oxygen atoms in total. The number of aromatic nitrogens is 2. The molecule has 2 rings (SSSR count). The summed E-state index contributed by atoms with van der Waals surface area (Å²) >= 11 is 0. The summed E-state index contributed by atoms with van der Waals surface area (Å²) in [6, 6.07) is 0.510. The highest BCUT2D eigenvalue weighted by molar-refractivity contribution is 4.88. The molecule has 1 N–H and O–H groups in total. The lowest BCUT2D eigenvalue weighted by atomic mass is 10.3. The topological polar surface area (TPSA) is 69.4 Å². The van der Waals surface area contributed by atoms with Crippen LogP contribution in [0.4, 0.5) is 0 Å². The third-order valence-electron chi connectivity index (χ3n) is 2.69. The summed E-state index contributed by atoms with van der Waals surface area (Å²) in [7, 11) is 0. The largest absolute Gasteiger partial charge is 0.422 e. The van der Waals surface area contributed by atoms with Gasteiger partial charge in [-0.2, -0.15) is 0 Å². The Labute approximate surface area is 107 Å². The van der Waals surface area contributed by atoms with Crippen LogP contribution in [-0.2, 0) is 15.9 Å². The lowest BCUT2D eigenvalue weighted by Gasteiger charge is -2.19. The molecule has 1 aromatic heterocycles. The summed E-state index contributed by atoms with van der Waals surface area (Å²) < 4.78 is 16.4. The average Bonchev–Trinajstić information content (AvgIpc) is 2.84. The van der Waals surface area contributed by atoms with Gasteiger partial charge >= 0.3 is 0 Å². The van der Waals surface area contributed by atoms with Crippen LogP contribution in [0.1, 0.15) is 38.2 Å². The number of aryl methyl sites for hydroxylation is 1. The third-order valence-corrected chi connectivity index (χ3v) is 2.69. The van der Waals surface area contributed by atoms with Crippen molar-refractivity contribution in [2.24, 2.45) is 0 Å². The number of hydrogen-bond donors (Lipinski definition) is 1. The van der Waals surface area contributed by atoms with Crippen LogP contribution < -0.4 is 5.32 Å². The maximum absolute atomic E-state index is 5.58. The van der Waals surface area contributed by atoms with E-state index in [0.717, 1.165) is 19.4 Å². The Morgan fingerprint density at radius 1 is 1.33 bits per heavy atom. The minimum Gasteiger partial charge on any atom is -0.422 e. The van der Waals surface area contributed by atoms with E-state index in [1.165, 1.54) is 0 Å². The second-order valence-corrected chi connectivity index (χ2v) is 4.68. The summed E-state index contributed by atoms with van der Waals surface area (Å²) in [6.07, 6.45) is 1.58. The van der Waals surface area contributed by atoms with E-state index >= 15 is 0 Å². The molecule has 0 bridgehead atoms. The molecule has 0 amide bonds. The van der Waals surface area contributed by atoms with Crippen molar-refractivity contribution < 1.29 is 13.9 Å². The molecule has 1 aromatic rings. The fourth-order valence-corrected chi connectivity index (χ4v) is 1.76. The molecular formula is C12H21N3O3. The Hall–Kier alpha value is -0.980. The van der Waals surface area contributed by atoms with Crippen LogP contribution in [0, 0.1) is 0 Å². The van der Waals surface area contributed by atoms with Gasteiger partial charge in [0.1, 0.15) is 0 Å². The Kier molecular flexibility index (Phi) is 5.10. The maximum atomic E-state index is 5.58. The third kappa shape index (κ3) is 4.04. The van der Waals surface area contributed by atoms with Gasteiger partial charge in [-0.05, 0) is 13.0 Å². The lowest BCUT2D eigenvalue weighted by molar-refractivity contribution is -0.0999. The Morgan fingerprint density at radius 2 is 2.22 bits per heavy atom. The van der Waals surface area contributed by atoms with Crippen LogP contribution in [0.5, 0.6) is 0 Å². The van der Waals surface area contributed by atoms with Crippen molar-refractivity contribution in [2.45, 2.75) is 38.8 Å². The van der Waals surface area contributed by atoms with Crippen molar-refractivity contribution in [3.05, 3.63) is 11.8 Å². The zero-order chi connectivity index (χ0) is 12.8. The Balaban J connectivity index is 1.75. The van der Waals surface area contributed by atoms with Gasteiger partial charge in [0.15, 0.2) is 6.10 Å². The van der Waals surface area contributed by atoms with Crippen molar-refractivity contribution >= 4 is 0 Å². The molecule has 0 radical (unpaired) electrons. The van der Waals surface area contributed by atoms with E-state index in [9.17, 15) is 0 Å². The van der Waals surface area contributed by atoms with Crippen LogP contribution in [0.2, 0.25) is 0 Å². The van der Waals surface area contributed by atoms with E-state index in [1.54, 1.807) is 0 Å². The van der Waals surface area contributed by atoms with Crippen LogP contribution in [0.3, 0.4) is 0 Å². The van der Waals surface area contributed by atoms with Gasteiger partial charge in [0.05, 0.1) is 19.8 Å². The standard InChI is InChI=1S/C12H21N3O3/c1-9(2)13-5-3-4-11-14-15-12(18-11)10-8-16-6-7-17-10/h9-10,13H,3-8H2,1-2H3. The van der Waals surface area contributed by atoms with Gasteiger partial charge in [-0.25, -0.2) is 0 Å². The molecule has 0 saturated carbocycles. The quantitative estimate of drug-likeness (QED) is 0.767. The molecule has 1 fully saturated rings. The molecular weight excluding hydrogens is 234 g/mol. The summed E-state index contributed by atoms with van der Waals surface area (Å²) in [4.78, 5) is 0. The zero-order valence-corrected chi connectivity index (χ0v) is 11.0. The van der Waals surface area contributed by atoms with E-state index in [0.29, 0.717) is 37.6 Å². The lowest BCUT2D eigenvalue weighted by Crippen LogP contribution is -2.23. The first-order chi connectivity index (χ1) is 8.75. The van der Waals surface area contributed by atoms with E-state index in [-0.39, 0.29) is 6.10 Å². The zero-order valence-electron chi connectivity index (χ0n) is 11.0. The second-order valence-electron chi connectivity index (χ2n) is 4.68. The molecule has 1 atom stereocenters. The molecule has 1 unspecified atom stereocenters. The van der Waals surface area contributed by atoms with E-state index < -0.39 is 0 Å². The minimum absolute atomic E-state index is 0.200. The van der Waals surface area contributed by atoms with Crippen molar-refractivity contribution in [1.82, 2.24) is 15.5 Å². The first-order valence-corrected chi connectivity index (χ1v) is 6.50. The van der Waals surface area contributed by atoms with Gasteiger partial charge < -0.3 is 19.2 Å². The van der Waals surface area contributed by atoms with E-state index in [4.69, 9.17) is 13.9 Å². The van der Waals surface area contributed by atoms with Crippen LogP contribution in [-0.4, -0.2) is 42.6 Å². The van der Waals surface area contributed by atoms with Crippen molar-refractivity contribution in [2.75, 3.05) is 26.4 Å². The predicted molar refractivity (Wildman–Crippen MR) is 65.3 cm³/mol. The smallest absolute Gasteiger partial charge is 0.247 e. The summed E-state index contributed by atoms with van der Waals surface area (Å²) in [5.74, 6) is 1.20. The van der Waals surface area contributed by atoms with Crippen LogP contribution >= 0.6 is 0 Å². The molecule has 6 heteroatoms. The molecule has 2 heterocycles. The van der Waals surface area contributed by atoms with Gasteiger partial charge in [-0.15, -0.1) is 10.2 Å². The summed E-state index contributed by atoms with van der Waals surface area (Å²) in [5, 5.41) is 11.4. The van der Waals surface area contributed by atoms with Crippen molar-refractivity contribution in [3.63, 3.8) is 0 Å². The van der Waals surface area contributed by atoms with Crippen LogP contribution in [0.25, 0.3) is 0 Å². The molecule has 0 spiro atoms. The Morgan fingerprint density at radius 3 is 2.94 bits per heavy atom. The number of nitrogens with one attached hydrogen (secondary N) is 1. The first-order valence-electron chi connectivity index (χ1n) is 6.50. The first kappa shape index (κ1) is 13.5. The van der Waals surface area contributed by atoms with Gasteiger partial charge in [0.25, 0.3) is 0 Å². The summed E-state index contributed by atoms with van der Waals surface area (Å²) in [6.45, 7) is 6.93. The number of nitrogens with zero attached hydrogens (tertiary/aromatic N) is 2. The van der Waals surface area contributed by atoms with E-state index in [1.807, 2.05) is 0 Å². The average molecular weight is 255 g/mol. The normalized spacial score (nSPS) is 20.5. The van der Waals surface area contributed by atoms with Gasteiger partial charge in [-0.1, -0.05) is 13.8 Å². The minimum atomic E-state index is -0.200. The van der Waals surface area contributed by atoms with Gasteiger partial charge in [-0.3, -0.25) is 0 Å². The molecule has 0 aliphatic carbocycles. The van der Waals surface area contributed by atoms with Gasteiger partial charge in [0, 0.05) is 12.5 Å². The second kappa shape index (κ2) is 6.82. The van der Waals surface area contributed by atoms with Crippen molar-refractivity contribution in [3.8, 4) is 0 Å². The number of rotatable bonds is 6. The van der Waals surface area contributed by atoms with Crippen molar-refractivity contribution in [1.29, 1.82) is 0 Å². The van der Waals surface area contributed by atoms with Gasteiger partial charge in [0.2, 0.25) is 11.8 Å². The molecule has 0 aromatic carbocycles. The highest BCUT2D eigenvalue weighted by Crippen LogP contribution is 2.19. The number of ether oxygens (including phenoxy) is 2. The molecule has 1 saturated heterocycles. The SMILES string of the molecule is CC(C)NCCCc1nnc(C2COCCO2)o1. The molecule has 102 valence electrons. The number of hydrogen-bond acceptors (Lipinski definition) is 6.